The lowest BCUT2D eigenvalue weighted by Gasteiger charge is -2.15. The summed E-state index contributed by atoms with van der Waals surface area (Å²) in [6, 6.07) is 10.3. The fourth-order valence-electron chi connectivity index (χ4n) is 2.15. The van der Waals surface area contributed by atoms with Gasteiger partial charge in [-0.05, 0) is 61.6 Å². The maximum absolute atomic E-state index is 6.11. The molecule has 2 aromatic carbocycles. The van der Waals surface area contributed by atoms with Gasteiger partial charge in [-0.25, -0.2) is 0 Å². The van der Waals surface area contributed by atoms with Crippen molar-refractivity contribution in [2.45, 2.75) is 34.2 Å². The van der Waals surface area contributed by atoms with E-state index in [1.807, 2.05) is 12.1 Å². The van der Waals surface area contributed by atoms with E-state index in [0.717, 1.165) is 28.2 Å². The summed E-state index contributed by atoms with van der Waals surface area (Å²) in [7, 11) is 0. The van der Waals surface area contributed by atoms with Crippen LogP contribution < -0.4 is 10.5 Å². The predicted molar refractivity (Wildman–Crippen MR) is 79.8 cm³/mol. The van der Waals surface area contributed by atoms with Crippen LogP contribution in [0.3, 0.4) is 0 Å². The van der Waals surface area contributed by atoms with Gasteiger partial charge < -0.3 is 10.5 Å². The van der Waals surface area contributed by atoms with E-state index in [9.17, 15) is 0 Å². The van der Waals surface area contributed by atoms with E-state index in [2.05, 4.69) is 45.9 Å². The van der Waals surface area contributed by atoms with E-state index >= 15 is 0 Å². The molecule has 19 heavy (non-hydrogen) atoms. The lowest BCUT2D eigenvalue weighted by atomic mass is 10.0. The van der Waals surface area contributed by atoms with E-state index in [1.54, 1.807) is 0 Å². The molecule has 100 valence electrons. The Morgan fingerprint density at radius 3 is 2.21 bits per heavy atom. The third-order valence-corrected chi connectivity index (χ3v) is 3.56. The summed E-state index contributed by atoms with van der Waals surface area (Å²) in [5.41, 5.74) is 11.5. The maximum Gasteiger partial charge on any atom is 0.133 e. The van der Waals surface area contributed by atoms with E-state index in [1.165, 1.54) is 11.1 Å². The molecular weight excluding hydrogens is 234 g/mol. The second kappa shape index (κ2) is 5.45. The maximum atomic E-state index is 6.11. The second-order valence-electron chi connectivity index (χ2n) is 5.06. The first kappa shape index (κ1) is 13.6. The van der Waals surface area contributed by atoms with Gasteiger partial charge in [0.25, 0.3) is 0 Å². The minimum absolute atomic E-state index is 0.559. The van der Waals surface area contributed by atoms with Crippen molar-refractivity contribution in [1.29, 1.82) is 0 Å². The lowest BCUT2D eigenvalue weighted by molar-refractivity contribution is 0.470. The normalized spacial score (nSPS) is 10.6. The highest BCUT2D eigenvalue weighted by molar-refractivity contribution is 5.48. The highest BCUT2D eigenvalue weighted by Crippen LogP contribution is 2.32. The second-order valence-corrected chi connectivity index (χ2v) is 5.06. The molecule has 0 aliphatic carbocycles. The largest absolute Gasteiger partial charge is 0.457 e. The molecule has 2 aromatic rings. The minimum atomic E-state index is 0.559. The average molecular weight is 255 g/mol. The smallest absolute Gasteiger partial charge is 0.133 e. The Morgan fingerprint density at radius 1 is 0.895 bits per heavy atom. The number of nitrogens with two attached hydrogens (primary N) is 1. The molecule has 2 nitrogen and oxygen atoms in total. The minimum Gasteiger partial charge on any atom is -0.457 e. The summed E-state index contributed by atoms with van der Waals surface area (Å²) in [6.07, 6.45) is 0. The van der Waals surface area contributed by atoms with Crippen molar-refractivity contribution in [1.82, 2.24) is 0 Å². The van der Waals surface area contributed by atoms with Crippen LogP contribution in [-0.4, -0.2) is 0 Å². The molecule has 0 saturated heterocycles. The Labute approximate surface area is 115 Å². The van der Waals surface area contributed by atoms with Crippen molar-refractivity contribution < 1.29 is 4.74 Å². The monoisotopic (exact) mass is 255 g/mol. The number of aryl methyl sites for hydroxylation is 3. The van der Waals surface area contributed by atoms with Gasteiger partial charge in [0.15, 0.2) is 0 Å². The average Bonchev–Trinajstić information content (AvgIpc) is 2.40. The molecule has 0 amide bonds. The number of rotatable bonds is 3. The Balaban J connectivity index is 2.39. The van der Waals surface area contributed by atoms with Gasteiger partial charge in [0, 0.05) is 6.54 Å². The van der Waals surface area contributed by atoms with Crippen molar-refractivity contribution in [2.24, 2.45) is 5.73 Å². The molecule has 2 N–H and O–H groups in total. The van der Waals surface area contributed by atoms with E-state index in [0.29, 0.717) is 6.54 Å². The molecule has 0 aromatic heterocycles. The third-order valence-electron chi connectivity index (χ3n) is 3.56. The van der Waals surface area contributed by atoms with Crippen LogP contribution in [0, 0.1) is 27.7 Å². The van der Waals surface area contributed by atoms with Gasteiger partial charge in [-0.2, -0.15) is 0 Å². The summed E-state index contributed by atoms with van der Waals surface area (Å²) in [6.45, 7) is 8.89. The van der Waals surface area contributed by atoms with Crippen molar-refractivity contribution in [3.8, 4) is 11.5 Å². The Kier molecular flexibility index (Phi) is 3.91. The van der Waals surface area contributed by atoms with E-state index in [-0.39, 0.29) is 0 Å². The third kappa shape index (κ3) is 2.79. The molecule has 0 spiro atoms. The molecule has 2 heteroatoms. The molecule has 0 aliphatic heterocycles. The predicted octanol–water partition coefficient (Wildman–Crippen LogP) is 4.17. The van der Waals surface area contributed by atoms with Crippen LogP contribution in [-0.2, 0) is 6.54 Å². The topological polar surface area (TPSA) is 35.2 Å². The highest BCUT2D eigenvalue weighted by atomic mass is 16.5. The molecule has 0 aliphatic rings. The number of hydrogen-bond donors (Lipinski definition) is 1. The standard InChI is InChI=1S/C17H21NO/c1-11-5-6-12(2)17(14(11)4)19-16-8-7-15(10-18)9-13(16)3/h5-9H,10,18H2,1-4H3. The summed E-state index contributed by atoms with van der Waals surface area (Å²) < 4.78 is 6.11. The first-order valence-corrected chi connectivity index (χ1v) is 6.57. The fraction of sp³-hybridized carbons (Fsp3) is 0.294. The van der Waals surface area contributed by atoms with Crippen molar-refractivity contribution in [2.75, 3.05) is 0 Å². The molecule has 2 rings (SSSR count). The van der Waals surface area contributed by atoms with Gasteiger partial charge in [-0.1, -0.05) is 24.3 Å². The van der Waals surface area contributed by atoms with Gasteiger partial charge in [0.2, 0.25) is 0 Å². The molecular formula is C17H21NO. The van der Waals surface area contributed by atoms with Crippen molar-refractivity contribution >= 4 is 0 Å². The zero-order valence-corrected chi connectivity index (χ0v) is 12.1. The Morgan fingerprint density at radius 2 is 1.58 bits per heavy atom. The van der Waals surface area contributed by atoms with Gasteiger partial charge in [-0.15, -0.1) is 0 Å². The van der Waals surface area contributed by atoms with Crippen LogP contribution in [0.1, 0.15) is 27.8 Å². The van der Waals surface area contributed by atoms with Gasteiger partial charge >= 0.3 is 0 Å². The van der Waals surface area contributed by atoms with Crippen LogP contribution >= 0.6 is 0 Å². The summed E-state index contributed by atoms with van der Waals surface area (Å²) in [5, 5.41) is 0. The highest BCUT2D eigenvalue weighted by Gasteiger charge is 2.09. The zero-order chi connectivity index (χ0) is 14.0. The Hall–Kier alpha value is -1.80. The summed E-state index contributed by atoms with van der Waals surface area (Å²) in [5.74, 6) is 1.86. The molecule has 0 atom stereocenters. The van der Waals surface area contributed by atoms with Gasteiger partial charge in [0.05, 0.1) is 0 Å². The van der Waals surface area contributed by atoms with E-state index < -0.39 is 0 Å². The Bertz CT molecular complexity index is 602. The lowest BCUT2D eigenvalue weighted by Crippen LogP contribution is -1.98. The number of ether oxygens (including phenoxy) is 1. The van der Waals surface area contributed by atoms with Gasteiger partial charge in [0.1, 0.15) is 11.5 Å². The SMILES string of the molecule is Cc1cc(CN)ccc1Oc1c(C)ccc(C)c1C. The molecule has 0 fully saturated rings. The van der Waals surface area contributed by atoms with Crippen LogP contribution in [0.15, 0.2) is 30.3 Å². The molecule has 0 radical (unpaired) electrons. The fourth-order valence-corrected chi connectivity index (χ4v) is 2.15. The first-order chi connectivity index (χ1) is 9.02. The van der Waals surface area contributed by atoms with Crippen LogP contribution in [0.4, 0.5) is 0 Å². The molecule has 0 unspecified atom stereocenters. The molecule has 0 saturated carbocycles. The number of hydrogen-bond acceptors (Lipinski definition) is 2. The summed E-state index contributed by atoms with van der Waals surface area (Å²) >= 11 is 0. The van der Waals surface area contributed by atoms with Crippen LogP contribution in [0.5, 0.6) is 11.5 Å². The molecule has 0 heterocycles. The van der Waals surface area contributed by atoms with Crippen molar-refractivity contribution in [3.05, 3.63) is 58.1 Å². The molecule has 0 bridgehead atoms. The van der Waals surface area contributed by atoms with Crippen LogP contribution in [0.25, 0.3) is 0 Å². The quantitative estimate of drug-likeness (QED) is 0.893. The van der Waals surface area contributed by atoms with E-state index in [4.69, 9.17) is 10.5 Å². The first-order valence-electron chi connectivity index (χ1n) is 6.57. The van der Waals surface area contributed by atoms with Crippen LogP contribution in [0.2, 0.25) is 0 Å². The summed E-state index contributed by atoms with van der Waals surface area (Å²) in [4.78, 5) is 0. The van der Waals surface area contributed by atoms with Gasteiger partial charge in [-0.3, -0.25) is 0 Å². The van der Waals surface area contributed by atoms with Crippen molar-refractivity contribution in [3.63, 3.8) is 0 Å². The zero-order valence-electron chi connectivity index (χ0n) is 12.1. The number of benzene rings is 2.